The van der Waals surface area contributed by atoms with Crippen LogP contribution in [0.15, 0.2) is 29.6 Å². The van der Waals surface area contributed by atoms with Gasteiger partial charge in [0.1, 0.15) is 0 Å². The smallest absolute Gasteiger partial charge is 0.230 e. The number of anilines is 1. The van der Waals surface area contributed by atoms with Crippen LogP contribution in [-0.2, 0) is 21.8 Å². The van der Waals surface area contributed by atoms with Gasteiger partial charge in [-0.3, -0.25) is 9.59 Å². The first-order chi connectivity index (χ1) is 10.5. The number of rotatable bonds is 7. The third-order valence-electron chi connectivity index (χ3n) is 2.74. The highest BCUT2D eigenvalue weighted by Crippen LogP contribution is 2.19. The molecule has 3 N–H and O–H groups in total. The Balaban J connectivity index is 1.84. The van der Waals surface area contributed by atoms with Crippen LogP contribution >= 0.6 is 23.1 Å². The van der Waals surface area contributed by atoms with Crippen molar-refractivity contribution in [2.45, 2.75) is 19.1 Å². The summed E-state index contributed by atoms with van der Waals surface area (Å²) >= 11 is 2.79. The summed E-state index contributed by atoms with van der Waals surface area (Å²) in [5.41, 5.74) is 8.02. The fourth-order valence-electron chi connectivity index (χ4n) is 1.86. The van der Waals surface area contributed by atoms with E-state index < -0.39 is 0 Å². The number of benzene rings is 1. The number of thioether (sulfide) groups is 1. The van der Waals surface area contributed by atoms with E-state index >= 15 is 0 Å². The van der Waals surface area contributed by atoms with Gasteiger partial charge in [-0.15, -0.1) is 23.1 Å². The van der Waals surface area contributed by atoms with E-state index in [-0.39, 0.29) is 17.6 Å². The summed E-state index contributed by atoms with van der Waals surface area (Å²) in [6.07, 6.45) is 0.326. The van der Waals surface area contributed by atoms with E-state index in [0.29, 0.717) is 17.3 Å². The molecule has 1 heterocycles. The van der Waals surface area contributed by atoms with Gasteiger partial charge >= 0.3 is 0 Å². The molecule has 0 unspecified atom stereocenters. The summed E-state index contributed by atoms with van der Waals surface area (Å²) in [5, 5.41) is 5.24. The standard InChI is InChI=1S/C15H17N3O2S2/c1-10-3-2-4-11(5-10)6-14(20)18-15-17-12(8-22-15)7-21-9-13(16)19/h2-5,8H,6-7,9H2,1H3,(H2,16,19)(H,17,18,20). The molecule has 1 aromatic heterocycles. The van der Waals surface area contributed by atoms with Gasteiger partial charge in [0.15, 0.2) is 5.13 Å². The first-order valence-corrected chi connectivity index (χ1v) is 8.72. The Morgan fingerprint density at radius 1 is 1.41 bits per heavy atom. The summed E-state index contributed by atoms with van der Waals surface area (Å²) in [7, 11) is 0. The van der Waals surface area contributed by atoms with Crippen LogP contribution in [0.4, 0.5) is 5.13 Å². The van der Waals surface area contributed by atoms with Crippen LogP contribution in [0.2, 0.25) is 0 Å². The molecule has 5 nitrogen and oxygen atoms in total. The van der Waals surface area contributed by atoms with Crippen molar-refractivity contribution in [3.8, 4) is 0 Å². The fraction of sp³-hybridized carbons (Fsp3) is 0.267. The van der Waals surface area contributed by atoms with Gasteiger partial charge in [-0.1, -0.05) is 29.8 Å². The van der Waals surface area contributed by atoms with Crippen molar-refractivity contribution in [3.63, 3.8) is 0 Å². The zero-order chi connectivity index (χ0) is 15.9. The Hall–Kier alpha value is -1.86. The molecule has 2 rings (SSSR count). The molecule has 0 bridgehead atoms. The number of carbonyl (C=O) groups excluding carboxylic acids is 2. The topological polar surface area (TPSA) is 85.1 Å². The SMILES string of the molecule is Cc1cccc(CC(=O)Nc2nc(CSCC(N)=O)cs2)c1. The molecule has 0 aliphatic rings. The van der Waals surface area contributed by atoms with Crippen LogP contribution < -0.4 is 11.1 Å². The molecular weight excluding hydrogens is 318 g/mol. The Labute approximate surface area is 137 Å². The highest BCUT2D eigenvalue weighted by molar-refractivity contribution is 7.99. The van der Waals surface area contributed by atoms with Crippen molar-refractivity contribution in [2.24, 2.45) is 5.73 Å². The van der Waals surface area contributed by atoms with Gasteiger partial charge in [-0.05, 0) is 12.5 Å². The molecular formula is C15H17N3O2S2. The molecule has 7 heteroatoms. The van der Waals surface area contributed by atoms with E-state index in [0.717, 1.165) is 16.8 Å². The summed E-state index contributed by atoms with van der Waals surface area (Å²) in [6.45, 7) is 2.00. The number of nitrogens with two attached hydrogens (primary N) is 1. The Morgan fingerprint density at radius 2 is 2.23 bits per heavy atom. The fourth-order valence-corrected chi connectivity index (χ4v) is 3.35. The summed E-state index contributed by atoms with van der Waals surface area (Å²) < 4.78 is 0. The number of nitrogens with one attached hydrogen (secondary N) is 1. The number of aryl methyl sites for hydroxylation is 1. The largest absolute Gasteiger partial charge is 0.369 e. The van der Waals surface area contributed by atoms with E-state index in [1.54, 1.807) is 0 Å². The lowest BCUT2D eigenvalue weighted by Gasteiger charge is -2.03. The summed E-state index contributed by atoms with van der Waals surface area (Å²) in [5.74, 6) is 0.447. The number of nitrogens with zero attached hydrogens (tertiary/aromatic N) is 1. The van der Waals surface area contributed by atoms with Crippen LogP contribution in [0.3, 0.4) is 0 Å². The Morgan fingerprint density at radius 3 is 2.95 bits per heavy atom. The molecule has 0 aliphatic carbocycles. The number of amides is 2. The third-order valence-corrected chi connectivity index (χ3v) is 4.53. The molecule has 2 amide bonds. The van der Waals surface area contributed by atoms with Crippen LogP contribution in [0.5, 0.6) is 0 Å². The maximum atomic E-state index is 12.0. The lowest BCUT2D eigenvalue weighted by atomic mass is 10.1. The Bertz CT molecular complexity index is 670. The first-order valence-electron chi connectivity index (χ1n) is 6.69. The number of primary amides is 1. The van der Waals surface area contributed by atoms with Crippen molar-refractivity contribution in [2.75, 3.05) is 11.1 Å². The average molecular weight is 335 g/mol. The van der Waals surface area contributed by atoms with Crippen molar-refractivity contribution in [1.82, 2.24) is 4.98 Å². The number of aromatic nitrogens is 1. The van der Waals surface area contributed by atoms with Crippen molar-refractivity contribution < 1.29 is 9.59 Å². The second-order valence-electron chi connectivity index (χ2n) is 4.82. The highest BCUT2D eigenvalue weighted by Gasteiger charge is 2.08. The van der Waals surface area contributed by atoms with E-state index in [1.165, 1.54) is 23.1 Å². The molecule has 0 radical (unpaired) electrons. The van der Waals surface area contributed by atoms with Gasteiger partial charge < -0.3 is 11.1 Å². The average Bonchev–Trinajstić information content (AvgIpc) is 2.85. The molecule has 116 valence electrons. The first kappa shape index (κ1) is 16.5. The molecule has 0 fully saturated rings. The van der Waals surface area contributed by atoms with Crippen LogP contribution in [-0.4, -0.2) is 22.6 Å². The van der Waals surface area contributed by atoms with E-state index in [9.17, 15) is 9.59 Å². The molecule has 0 spiro atoms. The van der Waals surface area contributed by atoms with E-state index in [4.69, 9.17) is 5.73 Å². The van der Waals surface area contributed by atoms with Crippen molar-refractivity contribution in [3.05, 3.63) is 46.5 Å². The van der Waals surface area contributed by atoms with Gasteiger partial charge in [0.2, 0.25) is 11.8 Å². The monoisotopic (exact) mass is 335 g/mol. The van der Waals surface area contributed by atoms with Crippen LogP contribution in [0.1, 0.15) is 16.8 Å². The summed E-state index contributed by atoms with van der Waals surface area (Å²) in [6, 6.07) is 7.86. The van der Waals surface area contributed by atoms with Crippen LogP contribution in [0.25, 0.3) is 0 Å². The van der Waals surface area contributed by atoms with Gasteiger partial charge in [0.25, 0.3) is 0 Å². The Kier molecular flexibility index (Phi) is 5.97. The normalized spacial score (nSPS) is 10.4. The minimum absolute atomic E-state index is 0.0868. The maximum absolute atomic E-state index is 12.0. The predicted octanol–water partition coefficient (Wildman–Crippen LogP) is 2.35. The molecule has 0 atom stereocenters. The zero-order valence-electron chi connectivity index (χ0n) is 12.2. The van der Waals surface area contributed by atoms with Gasteiger partial charge in [-0.25, -0.2) is 4.98 Å². The molecule has 0 saturated carbocycles. The van der Waals surface area contributed by atoms with E-state index in [2.05, 4.69) is 10.3 Å². The lowest BCUT2D eigenvalue weighted by molar-refractivity contribution is -0.116. The zero-order valence-corrected chi connectivity index (χ0v) is 13.8. The number of hydrogen-bond acceptors (Lipinski definition) is 5. The molecule has 0 aliphatic heterocycles. The number of hydrogen-bond donors (Lipinski definition) is 2. The lowest BCUT2D eigenvalue weighted by Crippen LogP contribution is -2.14. The molecule has 22 heavy (non-hydrogen) atoms. The van der Waals surface area contributed by atoms with Crippen LogP contribution in [0, 0.1) is 6.92 Å². The number of thiazole rings is 1. The molecule has 1 aromatic carbocycles. The minimum atomic E-state index is -0.341. The maximum Gasteiger partial charge on any atom is 0.230 e. The summed E-state index contributed by atoms with van der Waals surface area (Å²) in [4.78, 5) is 27.0. The third kappa shape index (κ3) is 5.50. The van der Waals surface area contributed by atoms with Crippen molar-refractivity contribution >= 4 is 40.0 Å². The van der Waals surface area contributed by atoms with Gasteiger partial charge in [0.05, 0.1) is 17.9 Å². The van der Waals surface area contributed by atoms with Gasteiger partial charge in [0, 0.05) is 11.1 Å². The van der Waals surface area contributed by atoms with Crippen molar-refractivity contribution in [1.29, 1.82) is 0 Å². The molecule has 2 aromatic rings. The number of carbonyl (C=O) groups is 2. The molecule has 0 saturated heterocycles. The second-order valence-corrected chi connectivity index (χ2v) is 6.66. The minimum Gasteiger partial charge on any atom is -0.369 e. The quantitative estimate of drug-likeness (QED) is 0.813. The second kappa shape index (κ2) is 7.95. The van der Waals surface area contributed by atoms with Gasteiger partial charge in [-0.2, -0.15) is 0 Å². The highest BCUT2D eigenvalue weighted by atomic mass is 32.2. The predicted molar refractivity (Wildman–Crippen MR) is 91.0 cm³/mol. The van der Waals surface area contributed by atoms with E-state index in [1.807, 2.05) is 36.6 Å².